The van der Waals surface area contributed by atoms with Crippen LogP contribution in [0.5, 0.6) is 11.5 Å². The van der Waals surface area contributed by atoms with Gasteiger partial charge in [-0.25, -0.2) is 8.42 Å². The van der Waals surface area contributed by atoms with Crippen LogP contribution >= 0.6 is 0 Å². The summed E-state index contributed by atoms with van der Waals surface area (Å²) in [6, 6.07) is 6.08. The second-order valence-corrected chi connectivity index (χ2v) is 8.40. The van der Waals surface area contributed by atoms with Crippen molar-refractivity contribution in [2.45, 2.75) is 50.2 Å². The Hall–Kier alpha value is -2.01. The minimum absolute atomic E-state index is 0.0311. The van der Waals surface area contributed by atoms with Crippen molar-refractivity contribution in [2.24, 2.45) is 0 Å². The Morgan fingerprint density at radius 1 is 1.25 bits per heavy atom. The smallest absolute Gasteiger partial charge is 0.185 e. The largest absolute Gasteiger partial charge is 0.508 e. The van der Waals surface area contributed by atoms with Crippen molar-refractivity contribution < 1.29 is 18.6 Å². The van der Waals surface area contributed by atoms with Crippen LogP contribution in [0.15, 0.2) is 41.3 Å². The molecule has 0 aliphatic carbocycles. The van der Waals surface area contributed by atoms with Crippen LogP contribution in [0, 0.1) is 6.92 Å². The Morgan fingerprint density at radius 2 is 1.92 bits per heavy atom. The molecule has 0 aliphatic rings. The molecule has 0 saturated carbocycles. The highest BCUT2D eigenvalue weighted by atomic mass is 32.2. The van der Waals surface area contributed by atoms with E-state index in [9.17, 15) is 18.6 Å². The topological polar surface area (TPSA) is 74.6 Å². The van der Waals surface area contributed by atoms with Crippen LogP contribution in [0.4, 0.5) is 0 Å². The minimum atomic E-state index is -3.56. The first kappa shape index (κ1) is 18.3. The fourth-order valence-corrected chi connectivity index (χ4v) is 4.74. The van der Waals surface area contributed by atoms with Crippen LogP contribution < -0.4 is 0 Å². The zero-order valence-electron chi connectivity index (χ0n) is 14.3. The number of hydrogen-bond acceptors (Lipinski definition) is 4. The number of phenols is 2. The molecule has 2 N–H and O–H groups in total. The molecule has 4 nitrogen and oxygen atoms in total. The number of unbranched alkanes of at least 4 members (excludes halogenated alkanes) is 1. The summed E-state index contributed by atoms with van der Waals surface area (Å²) in [6.45, 7) is 9.21. The Morgan fingerprint density at radius 3 is 2.50 bits per heavy atom. The zero-order valence-corrected chi connectivity index (χ0v) is 15.2. The van der Waals surface area contributed by atoms with Gasteiger partial charge in [-0.3, -0.25) is 0 Å². The summed E-state index contributed by atoms with van der Waals surface area (Å²) in [7, 11) is -3.56. The predicted octanol–water partition coefficient (Wildman–Crippen LogP) is 4.47. The molecule has 0 fully saturated rings. The molecule has 2 aromatic rings. The maximum Gasteiger partial charge on any atom is 0.185 e. The second kappa shape index (κ2) is 6.85. The Balaban J connectivity index is 2.58. The number of sulfone groups is 1. The van der Waals surface area contributed by atoms with Crippen molar-refractivity contribution in [1.82, 2.24) is 0 Å². The minimum Gasteiger partial charge on any atom is -0.508 e. The van der Waals surface area contributed by atoms with Crippen molar-refractivity contribution in [1.29, 1.82) is 0 Å². The third-order valence-corrected chi connectivity index (χ3v) is 6.68. The Kier molecular flexibility index (Phi) is 5.23. The normalized spacial score (nSPS) is 13.1. The molecule has 2 rings (SSSR count). The van der Waals surface area contributed by atoms with E-state index in [2.05, 4.69) is 6.58 Å². The van der Waals surface area contributed by atoms with E-state index >= 15 is 0 Å². The van der Waals surface area contributed by atoms with E-state index in [-0.39, 0.29) is 16.4 Å². The molecule has 0 radical (unpaired) electrons. The van der Waals surface area contributed by atoms with Gasteiger partial charge in [-0.15, -0.1) is 0 Å². The van der Waals surface area contributed by atoms with Gasteiger partial charge < -0.3 is 10.2 Å². The molecule has 1 atom stereocenters. The molecule has 0 saturated heterocycles. The van der Waals surface area contributed by atoms with E-state index in [4.69, 9.17) is 0 Å². The first-order valence-corrected chi connectivity index (χ1v) is 9.59. The summed E-state index contributed by atoms with van der Waals surface area (Å²) < 4.78 is 25.9. The molecule has 1 unspecified atom stereocenters. The lowest BCUT2D eigenvalue weighted by molar-refractivity contribution is 0.448. The van der Waals surface area contributed by atoms with Crippen LogP contribution in [-0.4, -0.2) is 23.9 Å². The quantitative estimate of drug-likeness (QED) is 0.755. The van der Waals surface area contributed by atoms with Gasteiger partial charge in [0.25, 0.3) is 0 Å². The molecule has 0 bridgehead atoms. The van der Waals surface area contributed by atoms with Gasteiger partial charge in [-0.2, -0.15) is 0 Å². The van der Waals surface area contributed by atoms with Crippen LogP contribution in [0.1, 0.15) is 38.7 Å². The summed E-state index contributed by atoms with van der Waals surface area (Å²) in [4.78, 5) is 0.182. The number of hydrogen-bond donors (Lipinski definition) is 2. The molecule has 2 aromatic carbocycles. The number of rotatable bonds is 6. The van der Waals surface area contributed by atoms with E-state index in [1.807, 2.05) is 6.92 Å². The number of fused-ring (bicyclic) bond motifs is 1. The SMILES string of the molecule is C=C(C)C(CCCC)S(=O)(=O)c1ccc2c(O)c(C)c(O)cc2c1. The fourth-order valence-electron chi connectivity index (χ4n) is 2.85. The lowest BCUT2D eigenvalue weighted by Crippen LogP contribution is -2.22. The first-order valence-electron chi connectivity index (χ1n) is 8.04. The van der Waals surface area contributed by atoms with Gasteiger partial charge >= 0.3 is 0 Å². The third kappa shape index (κ3) is 3.26. The lowest BCUT2D eigenvalue weighted by atomic mass is 10.1. The van der Waals surface area contributed by atoms with Crippen molar-refractivity contribution in [3.05, 3.63) is 42.0 Å². The molecule has 0 aromatic heterocycles. The van der Waals surface area contributed by atoms with Gasteiger partial charge in [0.05, 0.1) is 10.1 Å². The number of phenolic OH excluding ortho intramolecular Hbond substituents is 2. The number of aromatic hydroxyl groups is 2. The van der Waals surface area contributed by atoms with Crippen LogP contribution in [0.3, 0.4) is 0 Å². The maximum atomic E-state index is 13.0. The van der Waals surface area contributed by atoms with Crippen molar-refractivity contribution >= 4 is 20.6 Å². The van der Waals surface area contributed by atoms with Crippen LogP contribution in [0.25, 0.3) is 10.8 Å². The van der Waals surface area contributed by atoms with Gasteiger partial charge in [0.1, 0.15) is 11.5 Å². The van der Waals surface area contributed by atoms with Gasteiger partial charge in [0, 0.05) is 10.9 Å². The van der Waals surface area contributed by atoms with Crippen molar-refractivity contribution in [2.75, 3.05) is 0 Å². The molecular weight excluding hydrogens is 324 g/mol. The molecule has 130 valence electrons. The van der Waals surface area contributed by atoms with E-state index < -0.39 is 15.1 Å². The van der Waals surface area contributed by atoms with Crippen molar-refractivity contribution in [3.63, 3.8) is 0 Å². The standard InChI is InChI=1S/C19H24O4S/c1-5-6-7-18(12(2)3)24(22,23)15-8-9-16-14(10-15)11-17(20)13(4)19(16)21/h8-11,18,20-21H,2,5-7H2,1,3-4H3. The Bertz CT molecular complexity index is 882. The van der Waals surface area contributed by atoms with Gasteiger partial charge in [-0.1, -0.05) is 31.9 Å². The molecule has 0 heterocycles. The molecule has 0 aliphatic heterocycles. The molecular formula is C19H24O4S. The summed E-state index contributed by atoms with van der Waals surface area (Å²) in [6.07, 6.45) is 2.26. The molecule has 5 heteroatoms. The molecule has 0 amide bonds. The summed E-state index contributed by atoms with van der Waals surface area (Å²) in [5.41, 5.74) is 0.999. The van der Waals surface area contributed by atoms with Crippen LogP contribution in [-0.2, 0) is 9.84 Å². The van der Waals surface area contributed by atoms with E-state index in [1.54, 1.807) is 19.9 Å². The first-order chi connectivity index (χ1) is 11.2. The maximum absolute atomic E-state index is 13.0. The number of benzene rings is 2. The monoisotopic (exact) mass is 348 g/mol. The lowest BCUT2D eigenvalue weighted by Gasteiger charge is -2.18. The summed E-state index contributed by atoms with van der Waals surface area (Å²) in [5, 5.41) is 20.4. The Labute approximate surface area is 143 Å². The summed E-state index contributed by atoms with van der Waals surface area (Å²) >= 11 is 0. The zero-order chi connectivity index (χ0) is 18.1. The van der Waals surface area contributed by atoms with Gasteiger partial charge in [0.15, 0.2) is 9.84 Å². The van der Waals surface area contributed by atoms with E-state index in [1.165, 1.54) is 18.2 Å². The predicted molar refractivity (Wildman–Crippen MR) is 97.3 cm³/mol. The fraction of sp³-hybridized carbons (Fsp3) is 0.368. The highest BCUT2D eigenvalue weighted by molar-refractivity contribution is 7.92. The van der Waals surface area contributed by atoms with Crippen molar-refractivity contribution in [3.8, 4) is 11.5 Å². The highest BCUT2D eigenvalue weighted by Gasteiger charge is 2.28. The highest BCUT2D eigenvalue weighted by Crippen LogP contribution is 2.36. The van der Waals surface area contributed by atoms with Crippen LogP contribution in [0.2, 0.25) is 0 Å². The van der Waals surface area contributed by atoms with Gasteiger partial charge in [-0.05, 0) is 49.9 Å². The van der Waals surface area contributed by atoms with E-state index in [0.717, 1.165) is 12.8 Å². The molecule has 24 heavy (non-hydrogen) atoms. The average molecular weight is 348 g/mol. The second-order valence-electron chi connectivity index (χ2n) is 6.27. The van der Waals surface area contributed by atoms with E-state index in [0.29, 0.717) is 28.3 Å². The van der Waals surface area contributed by atoms with Gasteiger partial charge in [0.2, 0.25) is 0 Å². The summed E-state index contributed by atoms with van der Waals surface area (Å²) in [5.74, 6) is -0.0895. The third-order valence-electron chi connectivity index (χ3n) is 4.38. The average Bonchev–Trinajstić information content (AvgIpc) is 2.52. The molecule has 0 spiro atoms.